The van der Waals surface area contributed by atoms with Crippen molar-refractivity contribution in [3.05, 3.63) is 36.0 Å². The predicted molar refractivity (Wildman–Crippen MR) is 63.4 cm³/mol. The van der Waals surface area contributed by atoms with E-state index in [0.29, 0.717) is 0 Å². The zero-order valence-corrected chi connectivity index (χ0v) is 11.4. The minimum absolute atomic E-state index is 0.570. The molecule has 0 saturated carbocycles. The molecule has 3 heteroatoms. The molecule has 0 aliphatic rings. The molecule has 15 heavy (non-hydrogen) atoms. The van der Waals surface area contributed by atoms with Crippen molar-refractivity contribution in [2.24, 2.45) is 0 Å². The SMILES string of the molecule is CCc1ccnc2c([O][Ga][CH3])cccc12. The fraction of sp³-hybridized carbons (Fsp3) is 0.250. The van der Waals surface area contributed by atoms with Gasteiger partial charge in [0.15, 0.2) is 0 Å². The molecule has 0 aliphatic carbocycles. The van der Waals surface area contributed by atoms with E-state index in [4.69, 9.17) is 3.53 Å². The Bertz CT molecular complexity index is 470. The fourth-order valence-electron chi connectivity index (χ4n) is 1.74. The molecule has 0 spiro atoms. The third-order valence-corrected chi connectivity index (χ3v) is 3.48. The summed E-state index contributed by atoms with van der Waals surface area (Å²) in [5.41, 5.74) is 4.49. The van der Waals surface area contributed by atoms with Crippen LogP contribution in [0.2, 0.25) is 5.48 Å². The van der Waals surface area contributed by atoms with Crippen molar-refractivity contribution in [1.82, 2.24) is 4.98 Å². The Morgan fingerprint density at radius 2 is 2.20 bits per heavy atom. The third kappa shape index (κ3) is 2.03. The summed E-state index contributed by atoms with van der Waals surface area (Å²) in [5.74, 6) is 0.949. The normalized spacial score (nSPS) is 10.3. The zero-order valence-electron chi connectivity index (χ0n) is 9.03. The van der Waals surface area contributed by atoms with Crippen molar-refractivity contribution < 1.29 is 3.53 Å². The molecule has 0 amide bonds. The van der Waals surface area contributed by atoms with Gasteiger partial charge in [0.2, 0.25) is 0 Å². The van der Waals surface area contributed by atoms with Crippen LogP contribution >= 0.6 is 0 Å². The van der Waals surface area contributed by atoms with E-state index < -0.39 is 17.8 Å². The second-order valence-electron chi connectivity index (χ2n) is 3.33. The molecule has 0 saturated heterocycles. The third-order valence-electron chi connectivity index (χ3n) is 2.45. The van der Waals surface area contributed by atoms with Crippen LogP contribution in [0.25, 0.3) is 10.9 Å². The van der Waals surface area contributed by atoms with Gasteiger partial charge in [0.1, 0.15) is 0 Å². The van der Waals surface area contributed by atoms with E-state index in [1.165, 1.54) is 10.9 Å². The fourth-order valence-corrected chi connectivity index (χ4v) is 2.67. The van der Waals surface area contributed by atoms with Crippen molar-refractivity contribution in [1.29, 1.82) is 0 Å². The number of fused-ring (bicyclic) bond motifs is 1. The van der Waals surface area contributed by atoms with E-state index in [2.05, 4.69) is 29.5 Å². The maximum atomic E-state index is 5.71. The Kier molecular flexibility index (Phi) is 3.33. The van der Waals surface area contributed by atoms with Crippen LogP contribution in [0.1, 0.15) is 12.5 Å². The summed E-state index contributed by atoms with van der Waals surface area (Å²) < 4.78 is 5.71. The van der Waals surface area contributed by atoms with E-state index >= 15 is 0 Å². The second kappa shape index (κ2) is 4.72. The first-order valence-electron chi connectivity index (χ1n) is 5.18. The summed E-state index contributed by atoms with van der Waals surface area (Å²) >= 11 is -0.570. The van der Waals surface area contributed by atoms with Crippen molar-refractivity contribution >= 4 is 28.7 Å². The molecule has 2 aromatic rings. The summed E-state index contributed by atoms with van der Waals surface area (Å²) in [7, 11) is 0. The van der Waals surface area contributed by atoms with Gasteiger partial charge >= 0.3 is 97.8 Å². The molecule has 0 unspecified atom stereocenters. The number of hydrogen-bond acceptors (Lipinski definition) is 2. The van der Waals surface area contributed by atoms with E-state index in [1.54, 1.807) is 0 Å². The average molecular weight is 257 g/mol. The monoisotopic (exact) mass is 256 g/mol. The molecule has 1 aromatic heterocycles. The van der Waals surface area contributed by atoms with Gasteiger partial charge in [0.05, 0.1) is 0 Å². The van der Waals surface area contributed by atoms with Gasteiger partial charge in [-0.3, -0.25) is 0 Å². The van der Waals surface area contributed by atoms with Crippen LogP contribution in [0.3, 0.4) is 0 Å². The molecule has 0 aliphatic heterocycles. The summed E-state index contributed by atoms with van der Waals surface area (Å²) in [6.45, 7) is 2.16. The Morgan fingerprint density at radius 1 is 1.33 bits per heavy atom. The Balaban J connectivity index is 2.65. The number of benzene rings is 1. The molecule has 2 nitrogen and oxygen atoms in total. The second-order valence-corrected chi connectivity index (χ2v) is 4.81. The Hall–Kier alpha value is -0.934. The van der Waals surface area contributed by atoms with Crippen molar-refractivity contribution in [3.63, 3.8) is 0 Å². The van der Waals surface area contributed by atoms with Crippen LogP contribution in [0.4, 0.5) is 0 Å². The number of aromatic nitrogens is 1. The molecular formula is C12H13GaNO. The molecule has 0 N–H and O–H groups in total. The zero-order chi connectivity index (χ0) is 10.7. The molecular weight excluding hydrogens is 244 g/mol. The number of rotatable bonds is 3. The van der Waals surface area contributed by atoms with Crippen LogP contribution in [-0.2, 0) is 6.42 Å². The number of para-hydroxylation sites is 1. The predicted octanol–water partition coefficient (Wildman–Crippen LogP) is 2.84. The van der Waals surface area contributed by atoms with Gasteiger partial charge in [0.25, 0.3) is 0 Å². The van der Waals surface area contributed by atoms with Gasteiger partial charge in [-0.25, -0.2) is 0 Å². The first kappa shape index (κ1) is 10.6. The van der Waals surface area contributed by atoms with Gasteiger partial charge < -0.3 is 0 Å². The standard InChI is InChI=1S/C11H11NO.CH3.Ga/c1-2-8-6-7-12-11-9(8)4-3-5-10(11)13;;/h3-7,13H,2H2,1H3;1H3;/q;;+1/p-1. The molecule has 1 radical (unpaired) electrons. The first-order valence-corrected chi connectivity index (χ1v) is 8.59. The van der Waals surface area contributed by atoms with Crippen molar-refractivity contribution in [2.75, 3.05) is 0 Å². The number of nitrogens with zero attached hydrogens (tertiary/aromatic N) is 1. The van der Waals surface area contributed by atoms with Gasteiger partial charge in [-0.05, 0) is 0 Å². The molecule has 1 heterocycles. The summed E-state index contributed by atoms with van der Waals surface area (Å²) in [4.78, 5) is 4.41. The van der Waals surface area contributed by atoms with Crippen molar-refractivity contribution in [2.45, 2.75) is 18.8 Å². The van der Waals surface area contributed by atoms with Crippen LogP contribution in [0.5, 0.6) is 5.75 Å². The first-order chi connectivity index (χ1) is 7.36. The number of hydrogen-bond donors (Lipinski definition) is 0. The number of pyridine rings is 1. The average Bonchev–Trinajstić information content (AvgIpc) is 2.29. The Morgan fingerprint density at radius 3 is 2.93 bits per heavy atom. The molecule has 2 rings (SSSR count). The van der Waals surface area contributed by atoms with E-state index in [1.807, 2.05) is 18.3 Å². The van der Waals surface area contributed by atoms with E-state index in [9.17, 15) is 0 Å². The summed E-state index contributed by atoms with van der Waals surface area (Å²) in [6, 6.07) is 8.26. The van der Waals surface area contributed by atoms with Crippen LogP contribution < -0.4 is 3.53 Å². The minimum atomic E-state index is -0.570. The number of aryl methyl sites for hydroxylation is 1. The Labute approximate surface area is 97.9 Å². The van der Waals surface area contributed by atoms with Gasteiger partial charge in [-0.1, -0.05) is 0 Å². The topological polar surface area (TPSA) is 22.1 Å². The van der Waals surface area contributed by atoms with Crippen LogP contribution in [0.15, 0.2) is 30.5 Å². The van der Waals surface area contributed by atoms with Crippen LogP contribution in [0, 0.1) is 0 Å². The summed E-state index contributed by atoms with van der Waals surface area (Å²) in [6.07, 6.45) is 2.90. The molecule has 1 aromatic carbocycles. The quantitative estimate of drug-likeness (QED) is 0.788. The van der Waals surface area contributed by atoms with Gasteiger partial charge in [0, 0.05) is 0 Å². The molecule has 0 bridgehead atoms. The van der Waals surface area contributed by atoms with E-state index in [-0.39, 0.29) is 0 Å². The molecule has 0 fully saturated rings. The van der Waals surface area contributed by atoms with Crippen molar-refractivity contribution in [3.8, 4) is 5.75 Å². The van der Waals surface area contributed by atoms with Crippen LogP contribution in [-0.4, -0.2) is 22.8 Å². The maximum absolute atomic E-state index is 5.71. The van der Waals surface area contributed by atoms with E-state index in [0.717, 1.165) is 17.7 Å². The summed E-state index contributed by atoms with van der Waals surface area (Å²) in [5, 5.41) is 1.22. The molecule has 0 atom stereocenters. The molecule has 75 valence electrons. The van der Waals surface area contributed by atoms with Gasteiger partial charge in [-0.2, -0.15) is 0 Å². The van der Waals surface area contributed by atoms with Gasteiger partial charge in [-0.15, -0.1) is 0 Å².